The van der Waals surface area contributed by atoms with Crippen LogP contribution in [0.5, 0.6) is 0 Å². The zero-order valence-corrected chi connectivity index (χ0v) is 21.4. The van der Waals surface area contributed by atoms with Crippen molar-refractivity contribution in [3.63, 3.8) is 0 Å². The van der Waals surface area contributed by atoms with Crippen LogP contribution >= 0.6 is 24.0 Å². The maximum Gasteiger partial charge on any atom is 0.242 e. The van der Waals surface area contributed by atoms with Crippen LogP contribution in [0.4, 0.5) is 0 Å². The first kappa shape index (κ1) is 26.1. The molecule has 0 bridgehead atoms. The zero-order valence-electron chi connectivity index (χ0n) is 18.2. The molecule has 0 amide bonds. The molecule has 0 aromatic heterocycles. The molecule has 2 N–H and O–H groups in total. The molecule has 1 fully saturated rings. The molecular formula is C20H36IN5O2S. The Morgan fingerprint density at radius 1 is 1.14 bits per heavy atom. The first-order valence-corrected chi connectivity index (χ1v) is 11.3. The van der Waals surface area contributed by atoms with E-state index in [1.165, 1.54) is 23.6 Å². The van der Waals surface area contributed by atoms with Gasteiger partial charge in [0.1, 0.15) is 0 Å². The highest BCUT2D eigenvalue weighted by molar-refractivity contribution is 14.0. The Hall–Kier alpha value is -0.910. The molecule has 1 aliphatic heterocycles. The van der Waals surface area contributed by atoms with Gasteiger partial charge in [-0.05, 0) is 51.4 Å². The van der Waals surface area contributed by atoms with Gasteiger partial charge in [-0.2, -0.15) is 0 Å². The third kappa shape index (κ3) is 7.08. The van der Waals surface area contributed by atoms with E-state index < -0.39 is 10.0 Å². The van der Waals surface area contributed by atoms with E-state index in [1.54, 1.807) is 33.3 Å². The summed E-state index contributed by atoms with van der Waals surface area (Å²) in [5.74, 6) is 0.669. The molecule has 0 unspecified atom stereocenters. The molecule has 0 radical (unpaired) electrons. The van der Waals surface area contributed by atoms with Gasteiger partial charge in [0.05, 0.1) is 4.90 Å². The molecule has 1 aliphatic rings. The molecule has 1 saturated heterocycles. The van der Waals surface area contributed by atoms with Gasteiger partial charge in [-0.1, -0.05) is 24.6 Å². The van der Waals surface area contributed by atoms with Crippen molar-refractivity contribution in [1.29, 1.82) is 0 Å². The fourth-order valence-electron chi connectivity index (χ4n) is 3.41. The molecule has 1 aromatic carbocycles. The van der Waals surface area contributed by atoms with Crippen LogP contribution in [0.1, 0.15) is 38.7 Å². The molecule has 2 rings (SSSR count). The highest BCUT2D eigenvalue weighted by atomic mass is 127. The maximum atomic E-state index is 12.5. The quantitative estimate of drug-likeness (QED) is 0.318. The fraction of sp³-hybridized carbons (Fsp3) is 0.650. The number of guanidine groups is 1. The molecule has 0 aliphatic carbocycles. The van der Waals surface area contributed by atoms with Crippen molar-refractivity contribution in [3.8, 4) is 0 Å². The van der Waals surface area contributed by atoms with Gasteiger partial charge in [-0.3, -0.25) is 9.89 Å². The zero-order chi connectivity index (χ0) is 20.8. The van der Waals surface area contributed by atoms with E-state index in [9.17, 15) is 8.42 Å². The number of nitrogens with zero attached hydrogens (tertiary/aromatic N) is 3. The Labute approximate surface area is 193 Å². The minimum absolute atomic E-state index is 0. The van der Waals surface area contributed by atoms with Crippen molar-refractivity contribution in [2.24, 2.45) is 4.99 Å². The lowest BCUT2D eigenvalue weighted by molar-refractivity contribution is 0.0982. The van der Waals surface area contributed by atoms with Gasteiger partial charge in [0.2, 0.25) is 10.0 Å². The van der Waals surface area contributed by atoms with E-state index in [-0.39, 0.29) is 29.5 Å². The second kappa shape index (κ2) is 11.5. The van der Waals surface area contributed by atoms with Gasteiger partial charge in [-0.15, -0.1) is 24.0 Å². The molecular weight excluding hydrogens is 501 g/mol. The minimum atomic E-state index is -3.49. The van der Waals surface area contributed by atoms with Crippen LogP contribution in [0.2, 0.25) is 0 Å². The molecule has 1 aromatic rings. The smallest absolute Gasteiger partial charge is 0.242 e. The van der Waals surface area contributed by atoms with Gasteiger partial charge in [0.15, 0.2) is 5.96 Å². The van der Waals surface area contributed by atoms with Crippen molar-refractivity contribution in [2.45, 2.75) is 50.1 Å². The van der Waals surface area contributed by atoms with E-state index in [0.29, 0.717) is 17.4 Å². The van der Waals surface area contributed by atoms with Crippen LogP contribution in [0.3, 0.4) is 0 Å². The van der Waals surface area contributed by atoms with E-state index in [0.717, 1.165) is 25.2 Å². The van der Waals surface area contributed by atoms with E-state index in [4.69, 9.17) is 0 Å². The minimum Gasteiger partial charge on any atom is -0.355 e. The number of halogens is 1. The van der Waals surface area contributed by atoms with Gasteiger partial charge in [0.25, 0.3) is 0 Å². The van der Waals surface area contributed by atoms with Crippen LogP contribution in [0, 0.1) is 0 Å². The lowest BCUT2D eigenvalue weighted by Crippen LogP contribution is -2.54. The molecule has 166 valence electrons. The van der Waals surface area contributed by atoms with Crippen molar-refractivity contribution < 1.29 is 8.42 Å². The standard InChI is InChI=1S/C20H35N5O2S.HI/c1-20(2,25-13-9-6-10-14-25)16-23-19(21-3)22-15-17-11-7-8-12-18(17)28(26,27)24(4)5;/h7-8,11-12H,6,9-10,13-16H2,1-5H3,(H2,21,22,23);1H. The second-order valence-electron chi connectivity index (χ2n) is 8.03. The number of rotatable bonds is 7. The van der Waals surface area contributed by atoms with Crippen LogP contribution < -0.4 is 10.6 Å². The molecule has 9 heteroatoms. The first-order chi connectivity index (χ1) is 13.2. The van der Waals surface area contributed by atoms with Crippen LogP contribution in [0.15, 0.2) is 34.2 Å². The number of hydrogen-bond donors (Lipinski definition) is 2. The molecule has 1 heterocycles. The van der Waals surface area contributed by atoms with Crippen molar-refractivity contribution >= 4 is 40.0 Å². The van der Waals surface area contributed by atoms with Gasteiger partial charge in [0, 0.05) is 39.8 Å². The van der Waals surface area contributed by atoms with Crippen LogP contribution in [0.25, 0.3) is 0 Å². The summed E-state index contributed by atoms with van der Waals surface area (Å²) in [6.07, 6.45) is 3.83. The highest BCUT2D eigenvalue weighted by Crippen LogP contribution is 2.20. The normalized spacial score (nSPS) is 16.4. The number of piperidine rings is 1. The van der Waals surface area contributed by atoms with Crippen molar-refractivity contribution in [1.82, 2.24) is 19.8 Å². The topological polar surface area (TPSA) is 77.0 Å². The number of benzene rings is 1. The summed E-state index contributed by atoms with van der Waals surface area (Å²) < 4.78 is 26.3. The Bertz CT molecular complexity index is 775. The Morgan fingerprint density at radius 3 is 2.34 bits per heavy atom. The number of aliphatic imine (C=N–C) groups is 1. The fourth-order valence-corrected chi connectivity index (χ4v) is 4.52. The molecule has 0 atom stereocenters. The summed E-state index contributed by atoms with van der Waals surface area (Å²) in [5.41, 5.74) is 0.749. The molecule has 0 saturated carbocycles. The summed E-state index contributed by atoms with van der Waals surface area (Å²) in [5, 5.41) is 6.65. The summed E-state index contributed by atoms with van der Waals surface area (Å²) in [6.45, 7) is 7.92. The number of sulfonamides is 1. The molecule has 7 nitrogen and oxygen atoms in total. The molecule has 0 spiro atoms. The Balaban J connectivity index is 0.00000420. The summed E-state index contributed by atoms with van der Waals surface area (Å²) in [4.78, 5) is 7.13. The summed E-state index contributed by atoms with van der Waals surface area (Å²) in [7, 11) is 1.33. The monoisotopic (exact) mass is 537 g/mol. The lowest BCUT2D eigenvalue weighted by atomic mass is 9.98. The second-order valence-corrected chi connectivity index (χ2v) is 10.2. The van der Waals surface area contributed by atoms with E-state index in [2.05, 4.69) is 34.4 Å². The van der Waals surface area contributed by atoms with Crippen molar-refractivity contribution in [3.05, 3.63) is 29.8 Å². The Morgan fingerprint density at radius 2 is 1.76 bits per heavy atom. The number of likely N-dealkylation sites (tertiary alicyclic amines) is 1. The SMILES string of the molecule is CN=C(NCc1ccccc1S(=O)(=O)N(C)C)NCC(C)(C)N1CCCCC1.I. The van der Waals surface area contributed by atoms with Gasteiger partial charge in [-0.25, -0.2) is 12.7 Å². The number of nitrogens with one attached hydrogen (secondary N) is 2. The first-order valence-electron chi connectivity index (χ1n) is 9.88. The maximum absolute atomic E-state index is 12.5. The van der Waals surface area contributed by atoms with Crippen molar-refractivity contribution in [2.75, 3.05) is 40.8 Å². The summed E-state index contributed by atoms with van der Waals surface area (Å²) in [6, 6.07) is 7.06. The predicted molar refractivity (Wildman–Crippen MR) is 130 cm³/mol. The third-order valence-electron chi connectivity index (χ3n) is 5.30. The van der Waals surface area contributed by atoms with Gasteiger partial charge < -0.3 is 10.6 Å². The number of hydrogen-bond acceptors (Lipinski definition) is 4. The van der Waals surface area contributed by atoms with Gasteiger partial charge >= 0.3 is 0 Å². The average molecular weight is 538 g/mol. The Kier molecular flexibility index (Phi) is 10.3. The highest BCUT2D eigenvalue weighted by Gasteiger charge is 2.28. The third-order valence-corrected chi connectivity index (χ3v) is 7.22. The van der Waals surface area contributed by atoms with E-state index in [1.807, 2.05) is 12.1 Å². The summed E-state index contributed by atoms with van der Waals surface area (Å²) >= 11 is 0. The van der Waals surface area contributed by atoms with Crippen LogP contribution in [-0.4, -0.2) is 69.9 Å². The van der Waals surface area contributed by atoms with Crippen LogP contribution in [-0.2, 0) is 16.6 Å². The molecule has 29 heavy (non-hydrogen) atoms. The average Bonchev–Trinajstić information content (AvgIpc) is 2.69. The largest absolute Gasteiger partial charge is 0.355 e. The van der Waals surface area contributed by atoms with E-state index >= 15 is 0 Å². The lowest BCUT2D eigenvalue weighted by Gasteiger charge is -2.41. The predicted octanol–water partition coefficient (Wildman–Crippen LogP) is 2.48.